The molecule has 5 rings (SSSR count). The second-order valence-corrected chi connectivity index (χ2v) is 9.90. The van der Waals surface area contributed by atoms with Crippen LogP contribution in [0.2, 0.25) is 0 Å². The summed E-state index contributed by atoms with van der Waals surface area (Å²) in [4.78, 5) is 34.8. The summed E-state index contributed by atoms with van der Waals surface area (Å²) in [7, 11) is 0. The molecule has 3 heterocycles. The number of halogens is 1. The van der Waals surface area contributed by atoms with Gasteiger partial charge in [-0.3, -0.25) is 14.2 Å². The Morgan fingerprint density at radius 3 is 2.47 bits per heavy atom. The van der Waals surface area contributed by atoms with Crippen LogP contribution in [0.4, 0.5) is 10.1 Å². The number of anilines is 1. The van der Waals surface area contributed by atoms with E-state index in [2.05, 4.69) is 4.90 Å². The highest BCUT2D eigenvalue weighted by molar-refractivity contribution is 7.99. The number of nitrogens with zero attached hydrogens (tertiary/aromatic N) is 4. The molecule has 0 N–H and O–H groups in total. The zero-order chi connectivity index (χ0) is 23.5. The van der Waals surface area contributed by atoms with Crippen molar-refractivity contribution in [2.45, 2.75) is 11.7 Å². The van der Waals surface area contributed by atoms with E-state index in [1.807, 2.05) is 46.7 Å². The molecule has 0 saturated carbocycles. The van der Waals surface area contributed by atoms with Crippen molar-refractivity contribution >= 4 is 44.9 Å². The zero-order valence-corrected chi connectivity index (χ0v) is 20.0. The molecule has 0 bridgehead atoms. The van der Waals surface area contributed by atoms with Crippen LogP contribution in [0, 0.1) is 5.82 Å². The largest absolute Gasteiger partial charge is 0.368 e. The number of benzene rings is 2. The lowest BCUT2D eigenvalue weighted by atomic mass is 10.2. The molecule has 2 aromatic carbocycles. The number of amides is 1. The molecule has 0 spiro atoms. The topological polar surface area (TPSA) is 58.4 Å². The van der Waals surface area contributed by atoms with Crippen LogP contribution in [0.5, 0.6) is 0 Å². The first-order chi connectivity index (χ1) is 16.6. The van der Waals surface area contributed by atoms with Crippen molar-refractivity contribution in [2.75, 3.05) is 36.8 Å². The lowest BCUT2D eigenvalue weighted by Gasteiger charge is -2.36. The molecule has 1 fully saturated rings. The van der Waals surface area contributed by atoms with E-state index in [0.717, 1.165) is 11.3 Å². The third-order valence-electron chi connectivity index (χ3n) is 5.86. The number of fused-ring (bicyclic) bond motifs is 1. The summed E-state index contributed by atoms with van der Waals surface area (Å²) in [5.41, 5.74) is 2.56. The highest BCUT2D eigenvalue weighted by atomic mass is 32.2. The third-order valence-corrected chi connectivity index (χ3v) is 7.72. The fourth-order valence-corrected chi connectivity index (χ4v) is 5.70. The second kappa shape index (κ2) is 9.99. The average molecular weight is 495 g/mol. The molecular weight excluding hydrogens is 471 g/mol. The Balaban J connectivity index is 1.27. The van der Waals surface area contributed by atoms with Gasteiger partial charge in [0.1, 0.15) is 10.5 Å². The fraction of sp³-hybridized carbons (Fsp3) is 0.240. The van der Waals surface area contributed by atoms with Gasteiger partial charge >= 0.3 is 0 Å². The fourth-order valence-electron chi connectivity index (χ4n) is 4.02. The molecule has 0 radical (unpaired) electrons. The standard InChI is InChI=1S/C25H23FN4O2S2/c26-19-6-8-20(9-7-19)28-11-13-29(14-12-28)22(31)17-34-25-27-21-10-15-33-23(21)24(32)30(25)16-18-4-2-1-3-5-18/h1-10,15H,11-14,16-17H2. The summed E-state index contributed by atoms with van der Waals surface area (Å²) in [6.45, 7) is 3.00. The summed E-state index contributed by atoms with van der Waals surface area (Å²) in [6.07, 6.45) is 0. The van der Waals surface area contributed by atoms with E-state index >= 15 is 0 Å². The Kier molecular flexibility index (Phi) is 6.64. The summed E-state index contributed by atoms with van der Waals surface area (Å²) in [5, 5.41) is 2.42. The van der Waals surface area contributed by atoms with E-state index in [1.54, 1.807) is 16.7 Å². The van der Waals surface area contributed by atoms with Crippen molar-refractivity contribution < 1.29 is 9.18 Å². The number of thioether (sulfide) groups is 1. The number of piperazine rings is 1. The first-order valence-corrected chi connectivity index (χ1v) is 12.9. The maximum absolute atomic E-state index is 13.2. The number of hydrogen-bond donors (Lipinski definition) is 0. The van der Waals surface area contributed by atoms with Gasteiger partial charge in [0.25, 0.3) is 5.56 Å². The predicted octanol–water partition coefficient (Wildman–Crippen LogP) is 4.09. The highest BCUT2D eigenvalue weighted by Crippen LogP contribution is 2.23. The summed E-state index contributed by atoms with van der Waals surface area (Å²) >= 11 is 2.70. The summed E-state index contributed by atoms with van der Waals surface area (Å²) < 4.78 is 15.5. The van der Waals surface area contributed by atoms with Crippen molar-refractivity contribution in [2.24, 2.45) is 0 Å². The first-order valence-electron chi connectivity index (χ1n) is 11.0. The lowest BCUT2D eigenvalue weighted by molar-refractivity contribution is -0.128. The number of hydrogen-bond acceptors (Lipinski definition) is 6. The van der Waals surface area contributed by atoms with Crippen LogP contribution in [-0.2, 0) is 11.3 Å². The van der Waals surface area contributed by atoms with Gasteiger partial charge in [-0.15, -0.1) is 11.3 Å². The van der Waals surface area contributed by atoms with E-state index < -0.39 is 0 Å². The molecule has 4 aromatic rings. The Hall–Kier alpha value is -3.17. The normalized spacial score (nSPS) is 14.0. The quantitative estimate of drug-likeness (QED) is 0.299. The van der Waals surface area contributed by atoms with Gasteiger partial charge in [-0.1, -0.05) is 42.1 Å². The molecule has 0 aliphatic carbocycles. The molecule has 1 aliphatic heterocycles. The smallest absolute Gasteiger partial charge is 0.272 e. The van der Waals surface area contributed by atoms with Crippen LogP contribution in [0.3, 0.4) is 0 Å². The molecule has 0 atom stereocenters. The number of thiophene rings is 1. The molecule has 2 aromatic heterocycles. The van der Waals surface area contributed by atoms with Gasteiger partial charge in [0.05, 0.1) is 17.8 Å². The minimum absolute atomic E-state index is 0.0229. The molecule has 1 amide bonds. The van der Waals surface area contributed by atoms with Crippen LogP contribution in [-0.4, -0.2) is 52.3 Å². The van der Waals surface area contributed by atoms with Crippen molar-refractivity contribution in [1.29, 1.82) is 0 Å². The van der Waals surface area contributed by atoms with Gasteiger partial charge in [-0.25, -0.2) is 9.37 Å². The summed E-state index contributed by atoms with van der Waals surface area (Å²) in [5.74, 6) is -0.0165. The van der Waals surface area contributed by atoms with Gasteiger partial charge in [0.2, 0.25) is 5.91 Å². The van der Waals surface area contributed by atoms with Gasteiger partial charge in [-0.2, -0.15) is 0 Å². The minimum Gasteiger partial charge on any atom is -0.368 e. The maximum Gasteiger partial charge on any atom is 0.272 e. The molecule has 174 valence electrons. The van der Waals surface area contributed by atoms with E-state index in [-0.39, 0.29) is 23.0 Å². The first kappa shape index (κ1) is 22.6. The molecule has 1 saturated heterocycles. The Morgan fingerprint density at radius 2 is 1.74 bits per heavy atom. The minimum atomic E-state index is -0.255. The van der Waals surface area contributed by atoms with Crippen molar-refractivity contribution in [3.05, 3.63) is 87.8 Å². The molecule has 0 unspecified atom stereocenters. The van der Waals surface area contributed by atoms with Gasteiger partial charge in [-0.05, 0) is 41.3 Å². The van der Waals surface area contributed by atoms with Gasteiger partial charge in [0, 0.05) is 31.9 Å². The van der Waals surface area contributed by atoms with Crippen molar-refractivity contribution in [3.63, 3.8) is 0 Å². The van der Waals surface area contributed by atoms with E-state index in [4.69, 9.17) is 4.98 Å². The van der Waals surface area contributed by atoms with Crippen LogP contribution in [0.1, 0.15) is 5.56 Å². The Bertz CT molecular complexity index is 1350. The van der Waals surface area contributed by atoms with Gasteiger partial charge in [0.15, 0.2) is 5.16 Å². The molecule has 9 heteroatoms. The van der Waals surface area contributed by atoms with E-state index in [9.17, 15) is 14.0 Å². The Labute approximate surface area is 204 Å². The Morgan fingerprint density at radius 1 is 1.00 bits per heavy atom. The third kappa shape index (κ3) is 4.85. The SMILES string of the molecule is O=C(CSc1nc2ccsc2c(=O)n1Cc1ccccc1)N1CCN(c2ccc(F)cc2)CC1. The lowest BCUT2D eigenvalue weighted by Crippen LogP contribution is -2.49. The summed E-state index contributed by atoms with van der Waals surface area (Å²) in [6, 6.07) is 18.1. The average Bonchev–Trinajstić information content (AvgIpc) is 3.35. The van der Waals surface area contributed by atoms with Crippen LogP contribution >= 0.6 is 23.1 Å². The van der Waals surface area contributed by atoms with Crippen LogP contribution in [0.15, 0.2) is 76.0 Å². The van der Waals surface area contributed by atoms with E-state index in [0.29, 0.717) is 48.1 Å². The van der Waals surface area contributed by atoms with Crippen LogP contribution < -0.4 is 10.5 Å². The highest BCUT2D eigenvalue weighted by Gasteiger charge is 2.22. The maximum atomic E-state index is 13.2. The number of rotatable bonds is 6. The second-order valence-electron chi connectivity index (χ2n) is 8.04. The predicted molar refractivity (Wildman–Crippen MR) is 135 cm³/mol. The van der Waals surface area contributed by atoms with Gasteiger partial charge < -0.3 is 9.80 Å². The molecule has 34 heavy (non-hydrogen) atoms. The van der Waals surface area contributed by atoms with E-state index in [1.165, 1.54) is 35.2 Å². The monoisotopic (exact) mass is 494 g/mol. The van der Waals surface area contributed by atoms with Crippen LogP contribution in [0.25, 0.3) is 10.2 Å². The number of aromatic nitrogens is 2. The number of carbonyl (C=O) groups excluding carboxylic acids is 1. The number of carbonyl (C=O) groups is 1. The van der Waals surface area contributed by atoms with Crippen molar-refractivity contribution in [1.82, 2.24) is 14.5 Å². The molecular formula is C25H23FN4O2S2. The zero-order valence-electron chi connectivity index (χ0n) is 18.4. The molecule has 6 nitrogen and oxygen atoms in total. The molecule has 1 aliphatic rings. The van der Waals surface area contributed by atoms with Crippen molar-refractivity contribution in [3.8, 4) is 0 Å².